The average Bonchev–Trinajstić information content (AvgIpc) is 3.12. The lowest BCUT2D eigenvalue weighted by Gasteiger charge is -2.34. The number of aromatic nitrogens is 3. The monoisotopic (exact) mass is 369 g/mol. The Morgan fingerprint density at radius 3 is 3.04 bits per heavy atom. The Bertz CT molecular complexity index is 889. The molecule has 2 N–H and O–H groups in total. The second-order valence-corrected chi connectivity index (χ2v) is 6.38. The van der Waals surface area contributed by atoms with Crippen LogP contribution < -0.4 is 5.32 Å². The van der Waals surface area contributed by atoms with E-state index in [1.54, 1.807) is 11.1 Å². The first kappa shape index (κ1) is 18.6. The second-order valence-electron chi connectivity index (χ2n) is 6.38. The summed E-state index contributed by atoms with van der Waals surface area (Å²) in [6.07, 6.45) is 6.52. The van der Waals surface area contributed by atoms with Gasteiger partial charge in [-0.1, -0.05) is 20.1 Å². The van der Waals surface area contributed by atoms with Gasteiger partial charge in [-0.05, 0) is 25.3 Å². The molecular weight excluding hydrogens is 346 g/mol. The molecule has 1 fully saturated rings. The Morgan fingerprint density at radius 1 is 1.48 bits per heavy atom. The van der Waals surface area contributed by atoms with Crippen LogP contribution in [0.5, 0.6) is 0 Å². The molecule has 2 aromatic rings. The molecule has 0 radical (unpaired) electrons. The van der Waals surface area contributed by atoms with Gasteiger partial charge < -0.3 is 19.9 Å². The summed E-state index contributed by atoms with van der Waals surface area (Å²) in [5, 5.41) is 3.93. The molecule has 3 heterocycles. The summed E-state index contributed by atoms with van der Waals surface area (Å²) in [6.45, 7) is 10.2. The van der Waals surface area contributed by atoms with Crippen molar-refractivity contribution in [2.75, 3.05) is 18.5 Å². The number of carbonyl (C=O) groups excluding carboxylic acids is 2. The Morgan fingerprint density at radius 2 is 2.30 bits per heavy atom. The fourth-order valence-corrected chi connectivity index (χ4v) is 3.09. The fraction of sp³-hybridized carbons (Fsp3) is 0.368. The standard InChI is InChI=1S/C19H23N5O3/c1-4-8-27-19(26)14-9-20-17-16(14)18(22-11-21-17)23-13-7-6-12(3)24(10-13)15(25)5-2/h5,9,11,13H,2-4,6-8,10H2,1H3,(H2,20,21,22,23). The van der Waals surface area contributed by atoms with Crippen molar-refractivity contribution in [3.63, 3.8) is 0 Å². The molecule has 0 aliphatic carbocycles. The van der Waals surface area contributed by atoms with E-state index in [9.17, 15) is 9.59 Å². The summed E-state index contributed by atoms with van der Waals surface area (Å²) in [6, 6.07) is -0.0353. The topological polar surface area (TPSA) is 100 Å². The highest BCUT2D eigenvalue weighted by Crippen LogP contribution is 2.27. The minimum atomic E-state index is -0.415. The van der Waals surface area contributed by atoms with E-state index in [1.165, 1.54) is 12.4 Å². The lowest BCUT2D eigenvalue weighted by atomic mass is 10.0. The minimum Gasteiger partial charge on any atom is -0.462 e. The number of hydrogen-bond acceptors (Lipinski definition) is 6. The number of fused-ring (bicyclic) bond motifs is 1. The predicted molar refractivity (Wildman–Crippen MR) is 102 cm³/mol. The number of hydrogen-bond donors (Lipinski definition) is 2. The zero-order chi connectivity index (χ0) is 19.4. The first-order chi connectivity index (χ1) is 13.0. The van der Waals surface area contributed by atoms with E-state index in [0.717, 1.165) is 18.5 Å². The first-order valence-corrected chi connectivity index (χ1v) is 8.92. The van der Waals surface area contributed by atoms with Crippen LogP contribution in [0.15, 0.2) is 37.5 Å². The quantitative estimate of drug-likeness (QED) is 0.600. The van der Waals surface area contributed by atoms with E-state index < -0.39 is 5.97 Å². The van der Waals surface area contributed by atoms with E-state index in [-0.39, 0.29) is 11.9 Å². The molecule has 1 saturated heterocycles. The fourth-order valence-electron chi connectivity index (χ4n) is 3.09. The van der Waals surface area contributed by atoms with Gasteiger partial charge in [-0.2, -0.15) is 0 Å². The zero-order valence-electron chi connectivity index (χ0n) is 15.3. The van der Waals surface area contributed by atoms with Crippen molar-refractivity contribution in [2.24, 2.45) is 0 Å². The third-order valence-corrected chi connectivity index (χ3v) is 4.47. The zero-order valence-corrected chi connectivity index (χ0v) is 15.3. The van der Waals surface area contributed by atoms with Crippen molar-refractivity contribution >= 4 is 28.7 Å². The molecule has 1 amide bonds. The van der Waals surface area contributed by atoms with Gasteiger partial charge >= 0.3 is 5.97 Å². The van der Waals surface area contributed by atoms with Gasteiger partial charge in [0, 0.05) is 24.5 Å². The number of H-pyrrole nitrogens is 1. The third kappa shape index (κ3) is 3.84. The number of carbonyl (C=O) groups is 2. The van der Waals surface area contributed by atoms with E-state index in [1.807, 2.05) is 6.92 Å². The maximum Gasteiger partial charge on any atom is 0.340 e. The summed E-state index contributed by atoms with van der Waals surface area (Å²) in [4.78, 5) is 37.4. The smallest absolute Gasteiger partial charge is 0.340 e. The summed E-state index contributed by atoms with van der Waals surface area (Å²) < 4.78 is 5.25. The van der Waals surface area contributed by atoms with Gasteiger partial charge in [-0.25, -0.2) is 14.8 Å². The highest BCUT2D eigenvalue weighted by atomic mass is 16.5. The summed E-state index contributed by atoms with van der Waals surface area (Å²) in [7, 11) is 0. The maximum atomic E-state index is 12.3. The van der Waals surface area contributed by atoms with Crippen molar-refractivity contribution in [1.29, 1.82) is 0 Å². The summed E-state index contributed by atoms with van der Waals surface area (Å²) >= 11 is 0. The number of ether oxygens (including phenoxy) is 1. The molecule has 8 heteroatoms. The van der Waals surface area contributed by atoms with Gasteiger partial charge in [0.25, 0.3) is 0 Å². The number of allylic oxidation sites excluding steroid dienone is 1. The van der Waals surface area contributed by atoms with Crippen molar-refractivity contribution in [3.05, 3.63) is 43.0 Å². The number of anilines is 1. The van der Waals surface area contributed by atoms with Crippen molar-refractivity contribution in [1.82, 2.24) is 19.9 Å². The Kier molecular flexibility index (Phi) is 5.54. The van der Waals surface area contributed by atoms with Gasteiger partial charge in [0.15, 0.2) is 0 Å². The van der Waals surface area contributed by atoms with Crippen molar-refractivity contribution in [3.8, 4) is 0 Å². The molecule has 0 saturated carbocycles. The third-order valence-electron chi connectivity index (χ3n) is 4.47. The highest BCUT2D eigenvalue weighted by molar-refractivity contribution is 6.07. The van der Waals surface area contributed by atoms with Gasteiger partial charge in [-0.3, -0.25) is 4.79 Å². The summed E-state index contributed by atoms with van der Waals surface area (Å²) in [5.74, 6) is -0.0561. The number of nitrogens with one attached hydrogen (secondary N) is 2. The Hall–Kier alpha value is -3.16. The van der Waals surface area contributed by atoms with Crippen LogP contribution in [0, 0.1) is 0 Å². The summed E-state index contributed by atoms with van der Waals surface area (Å²) in [5.41, 5.74) is 1.72. The second kappa shape index (κ2) is 8.03. The molecule has 1 atom stereocenters. The van der Waals surface area contributed by atoms with Crippen LogP contribution in [0.2, 0.25) is 0 Å². The van der Waals surface area contributed by atoms with E-state index in [0.29, 0.717) is 42.0 Å². The molecule has 0 spiro atoms. The molecule has 1 aliphatic rings. The molecule has 27 heavy (non-hydrogen) atoms. The number of esters is 1. The van der Waals surface area contributed by atoms with Gasteiger partial charge in [0.05, 0.1) is 17.6 Å². The molecule has 1 aliphatic heterocycles. The van der Waals surface area contributed by atoms with Crippen molar-refractivity contribution in [2.45, 2.75) is 32.2 Å². The Labute approximate surface area is 157 Å². The average molecular weight is 369 g/mol. The van der Waals surface area contributed by atoms with E-state index in [4.69, 9.17) is 4.74 Å². The molecule has 0 bridgehead atoms. The van der Waals surface area contributed by atoms with Crippen LogP contribution in [0.25, 0.3) is 11.0 Å². The van der Waals surface area contributed by atoms with Gasteiger partial charge in [0.1, 0.15) is 17.8 Å². The van der Waals surface area contributed by atoms with Crippen LogP contribution in [-0.4, -0.2) is 50.9 Å². The molecule has 3 rings (SSSR count). The molecular formula is C19H23N5O3. The molecule has 2 aromatic heterocycles. The maximum absolute atomic E-state index is 12.3. The van der Waals surface area contributed by atoms with Crippen molar-refractivity contribution < 1.29 is 14.3 Å². The molecule has 142 valence electrons. The molecule has 0 aromatic carbocycles. The number of likely N-dealkylation sites (tertiary alicyclic amines) is 1. The lowest BCUT2D eigenvalue weighted by molar-refractivity contribution is -0.124. The van der Waals surface area contributed by atoms with Gasteiger partial charge in [-0.15, -0.1) is 0 Å². The van der Waals surface area contributed by atoms with Crippen LogP contribution in [-0.2, 0) is 9.53 Å². The molecule has 1 unspecified atom stereocenters. The SMILES string of the molecule is C=CC(=O)N1CC(Nc2ncnc3[nH]cc(C(=O)OCCC)c23)CCC1=C. The lowest BCUT2D eigenvalue weighted by Crippen LogP contribution is -2.43. The van der Waals surface area contributed by atoms with E-state index >= 15 is 0 Å². The van der Waals surface area contributed by atoms with E-state index in [2.05, 4.69) is 33.4 Å². The van der Waals surface area contributed by atoms with Crippen LogP contribution in [0.4, 0.5) is 5.82 Å². The molecule has 8 nitrogen and oxygen atoms in total. The number of piperidine rings is 1. The highest BCUT2D eigenvalue weighted by Gasteiger charge is 2.27. The predicted octanol–water partition coefficient (Wildman–Crippen LogP) is 2.63. The number of rotatable bonds is 6. The van der Waals surface area contributed by atoms with Gasteiger partial charge in [0.2, 0.25) is 5.91 Å². The number of nitrogens with zero attached hydrogens (tertiary/aromatic N) is 3. The van der Waals surface area contributed by atoms with Crippen LogP contribution in [0.3, 0.4) is 0 Å². The normalized spacial score (nSPS) is 17.0. The number of aromatic amines is 1. The number of amides is 1. The largest absolute Gasteiger partial charge is 0.462 e. The Balaban J connectivity index is 1.85. The van der Waals surface area contributed by atoms with Crippen LogP contribution in [0.1, 0.15) is 36.5 Å². The van der Waals surface area contributed by atoms with Crippen LogP contribution >= 0.6 is 0 Å². The first-order valence-electron chi connectivity index (χ1n) is 8.92. The minimum absolute atomic E-state index is 0.0353.